The van der Waals surface area contributed by atoms with Crippen molar-refractivity contribution in [2.75, 3.05) is 38.3 Å². The first kappa shape index (κ1) is 12.1. The second kappa shape index (κ2) is 6.39. The second-order valence-electron chi connectivity index (χ2n) is 4.10. The first-order chi connectivity index (χ1) is 8.40. The van der Waals surface area contributed by atoms with Crippen molar-refractivity contribution in [1.82, 2.24) is 9.97 Å². The Kier molecular flexibility index (Phi) is 4.55. The van der Waals surface area contributed by atoms with Gasteiger partial charge in [0.25, 0.3) is 0 Å². The molecule has 0 atom stereocenters. The average molecular weight is 237 g/mol. The molecule has 0 saturated carbocycles. The molecule has 1 aromatic rings. The lowest BCUT2D eigenvalue weighted by molar-refractivity contribution is 0.170. The molecule has 0 N–H and O–H groups in total. The minimum Gasteiger partial charge on any atom is -0.477 e. The molecule has 94 valence electrons. The van der Waals surface area contributed by atoms with E-state index < -0.39 is 0 Å². The van der Waals surface area contributed by atoms with Gasteiger partial charge >= 0.3 is 0 Å². The van der Waals surface area contributed by atoms with Crippen molar-refractivity contribution in [3.8, 4) is 5.88 Å². The van der Waals surface area contributed by atoms with Crippen LogP contribution in [0, 0.1) is 0 Å². The Morgan fingerprint density at radius 1 is 1.24 bits per heavy atom. The summed E-state index contributed by atoms with van der Waals surface area (Å²) in [4.78, 5) is 10.7. The summed E-state index contributed by atoms with van der Waals surface area (Å²) in [6.45, 7) is 3.51. The molecule has 0 bridgehead atoms. The average Bonchev–Trinajstić information content (AvgIpc) is 2.89. The summed E-state index contributed by atoms with van der Waals surface area (Å²) in [6.07, 6.45) is 4.93. The first-order valence-corrected chi connectivity index (χ1v) is 6.09. The number of rotatable bonds is 6. The van der Waals surface area contributed by atoms with Crippen LogP contribution in [-0.2, 0) is 4.74 Å². The van der Waals surface area contributed by atoms with E-state index in [0.29, 0.717) is 19.1 Å². The van der Waals surface area contributed by atoms with E-state index in [1.54, 1.807) is 13.4 Å². The molecule has 1 aromatic heterocycles. The number of ether oxygens (including phenoxy) is 2. The van der Waals surface area contributed by atoms with Gasteiger partial charge < -0.3 is 14.4 Å². The molecule has 2 rings (SSSR count). The summed E-state index contributed by atoms with van der Waals surface area (Å²) in [5.41, 5.74) is 0. The Morgan fingerprint density at radius 2 is 2.06 bits per heavy atom. The van der Waals surface area contributed by atoms with Gasteiger partial charge in [0.1, 0.15) is 12.1 Å². The van der Waals surface area contributed by atoms with Gasteiger partial charge in [-0.25, -0.2) is 9.97 Å². The van der Waals surface area contributed by atoms with Crippen LogP contribution in [0.25, 0.3) is 0 Å². The smallest absolute Gasteiger partial charge is 0.218 e. The molecule has 0 amide bonds. The van der Waals surface area contributed by atoms with Crippen LogP contribution in [0.2, 0.25) is 0 Å². The maximum atomic E-state index is 5.55. The van der Waals surface area contributed by atoms with Crippen LogP contribution >= 0.6 is 0 Å². The Morgan fingerprint density at radius 3 is 2.82 bits per heavy atom. The summed E-state index contributed by atoms with van der Waals surface area (Å²) in [5, 5.41) is 0. The van der Waals surface area contributed by atoms with E-state index in [4.69, 9.17) is 9.47 Å². The standard InChI is InChI=1S/C12H19N3O2/c1-16-7-4-8-17-12-9-11(13-10-14-12)15-5-2-3-6-15/h9-10H,2-8H2,1H3. The molecule has 5 heteroatoms. The molecule has 5 nitrogen and oxygen atoms in total. The minimum absolute atomic E-state index is 0.629. The Bertz CT molecular complexity index is 340. The number of hydrogen-bond acceptors (Lipinski definition) is 5. The zero-order valence-electron chi connectivity index (χ0n) is 10.3. The van der Waals surface area contributed by atoms with E-state index >= 15 is 0 Å². The number of nitrogens with zero attached hydrogens (tertiary/aromatic N) is 3. The fourth-order valence-corrected chi connectivity index (χ4v) is 1.91. The van der Waals surface area contributed by atoms with Crippen LogP contribution in [-0.4, -0.2) is 43.4 Å². The highest BCUT2D eigenvalue weighted by molar-refractivity contribution is 5.41. The molecule has 2 heterocycles. The third-order valence-electron chi connectivity index (χ3n) is 2.80. The van der Waals surface area contributed by atoms with Gasteiger partial charge in [-0.05, 0) is 12.8 Å². The zero-order chi connectivity index (χ0) is 11.9. The molecule has 1 aliphatic heterocycles. The normalized spacial score (nSPS) is 15.2. The van der Waals surface area contributed by atoms with Crippen molar-refractivity contribution in [3.05, 3.63) is 12.4 Å². The van der Waals surface area contributed by atoms with E-state index in [1.807, 2.05) is 6.07 Å². The molecule has 1 fully saturated rings. The van der Waals surface area contributed by atoms with E-state index in [1.165, 1.54) is 12.8 Å². The van der Waals surface area contributed by atoms with Gasteiger partial charge in [-0.2, -0.15) is 0 Å². The van der Waals surface area contributed by atoms with Gasteiger partial charge in [0, 0.05) is 39.3 Å². The molecule has 0 aromatic carbocycles. The van der Waals surface area contributed by atoms with Gasteiger partial charge in [0.2, 0.25) is 5.88 Å². The van der Waals surface area contributed by atoms with E-state index in [2.05, 4.69) is 14.9 Å². The Balaban J connectivity index is 1.87. The lowest BCUT2D eigenvalue weighted by Gasteiger charge is -2.16. The fraction of sp³-hybridized carbons (Fsp3) is 0.667. The molecule has 0 aliphatic carbocycles. The predicted octanol–water partition coefficient (Wildman–Crippen LogP) is 1.49. The predicted molar refractivity (Wildman–Crippen MR) is 65.5 cm³/mol. The van der Waals surface area contributed by atoms with Crippen LogP contribution in [0.1, 0.15) is 19.3 Å². The highest BCUT2D eigenvalue weighted by atomic mass is 16.5. The third kappa shape index (κ3) is 3.56. The van der Waals surface area contributed by atoms with Crippen molar-refractivity contribution in [3.63, 3.8) is 0 Å². The van der Waals surface area contributed by atoms with Crippen LogP contribution in [0.4, 0.5) is 5.82 Å². The van der Waals surface area contributed by atoms with Crippen molar-refractivity contribution in [1.29, 1.82) is 0 Å². The SMILES string of the molecule is COCCCOc1cc(N2CCCC2)ncn1. The first-order valence-electron chi connectivity index (χ1n) is 6.09. The lowest BCUT2D eigenvalue weighted by Crippen LogP contribution is -2.19. The maximum Gasteiger partial charge on any atom is 0.218 e. The third-order valence-corrected chi connectivity index (χ3v) is 2.80. The fourth-order valence-electron chi connectivity index (χ4n) is 1.91. The number of hydrogen-bond donors (Lipinski definition) is 0. The molecule has 1 saturated heterocycles. The second-order valence-corrected chi connectivity index (χ2v) is 4.10. The highest BCUT2D eigenvalue weighted by Crippen LogP contribution is 2.20. The molecular weight excluding hydrogens is 218 g/mol. The summed E-state index contributed by atoms with van der Waals surface area (Å²) < 4.78 is 10.5. The van der Waals surface area contributed by atoms with Gasteiger partial charge in [-0.3, -0.25) is 0 Å². The zero-order valence-corrected chi connectivity index (χ0v) is 10.3. The monoisotopic (exact) mass is 237 g/mol. The summed E-state index contributed by atoms with van der Waals surface area (Å²) in [6, 6.07) is 1.91. The minimum atomic E-state index is 0.629. The largest absolute Gasteiger partial charge is 0.477 e. The quantitative estimate of drug-likeness (QED) is 0.702. The molecule has 0 spiro atoms. The molecule has 1 aliphatic rings. The van der Waals surface area contributed by atoms with E-state index in [-0.39, 0.29) is 0 Å². The van der Waals surface area contributed by atoms with Crippen LogP contribution in [0.5, 0.6) is 5.88 Å². The van der Waals surface area contributed by atoms with E-state index in [0.717, 1.165) is 25.3 Å². The van der Waals surface area contributed by atoms with Crippen LogP contribution in [0.3, 0.4) is 0 Å². The number of aromatic nitrogens is 2. The van der Waals surface area contributed by atoms with Crippen molar-refractivity contribution < 1.29 is 9.47 Å². The lowest BCUT2D eigenvalue weighted by atomic mass is 10.4. The Labute approximate surface area is 102 Å². The summed E-state index contributed by atoms with van der Waals surface area (Å²) in [7, 11) is 1.69. The molecule has 17 heavy (non-hydrogen) atoms. The number of methoxy groups -OCH3 is 1. The van der Waals surface area contributed by atoms with Crippen LogP contribution in [0.15, 0.2) is 12.4 Å². The van der Waals surface area contributed by atoms with Gasteiger partial charge in [0.15, 0.2) is 0 Å². The summed E-state index contributed by atoms with van der Waals surface area (Å²) in [5.74, 6) is 1.62. The molecule has 0 unspecified atom stereocenters. The highest BCUT2D eigenvalue weighted by Gasteiger charge is 2.14. The summed E-state index contributed by atoms with van der Waals surface area (Å²) >= 11 is 0. The van der Waals surface area contributed by atoms with E-state index in [9.17, 15) is 0 Å². The van der Waals surface area contributed by atoms with Crippen molar-refractivity contribution in [2.45, 2.75) is 19.3 Å². The topological polar surface area (TPSA) is 47.5 Å². The van der Waals surface area contributed by atoms with Gasteiger partial charge in [0.05, 0.1) is 6.61 Å². The Hall–Kier alpha value is -1.36. The van der Waals surface area contributed by atoms with Crippen molar-refractivity contribution >= 4 is 5.82 Å². The maximum absolute atomic E-state index is 5.55. The molecule has 0 radical (unpaired) electrons. The van der Waals surface area contributed by atoms with Gasteiger partial charge in [-0.1, -0.05) is 0 Å². The van der Waals surface area contributed by atoms with Gasteiger partial charge in [-0.15, -0.1) is 0 Å². The van der Waals surface area contributed by atoms with Crippen LogP contribution < -0.4 is 9.64 Å². The molecular formula is C12H19N3O2. The van der Waals surface area contributed by atoms with Crippen molar-refractivity contribution in [2.24, 2.45) is 0 Å². The number of anilines is 1.